The largest absolute Gasteiger partial charge is 0.439 e. The van der Waals surface area contributed by atoms with E-state index in [1.165, 1.54) is 0 Å². The topological polar surface area (TPSA) is 22.1 Å². The van der Waals surface area contributed by atoms with Gasteiger partial charge in [0, 0.05) is 22.1 Å². The SMILES string of the molecule is Cc1cc(Oc2ncc(CBr)cc2C)ccc1Cl. The Morgan fingerprint density at radius 2 is 2.00 bits per heavy atom. The molecular formula is C14H13BrClNO. The maximum atomic E-state index is 5.98. The first kappa shape index (κ1) is 13.4. The van der Waals surface area contributed by atoms with Crippen molar-refractivity contribution in [1.29, 1.82) is 0 Å². The van der Waals surface area contributed by atoms with E-state index >= 15 is 0 Å². The van der Waals surface area contributed by atoms with Crippen molar-refractivity contribution in [2.24, 2.45) is 0 Å². The van der Waals surface area contributed by atoms with Gasteiger partial charge in [0.1, 0.15) is 5.75 Å². The zero-order chi connectivity index (χ0) is 13.1. The molecule has 0 saturated heterocycles. The number of hydrogen-bond donors (Lipinski definition) is 0. The van der Waals surface area contributed by atoms with Crippen LogP contribution in [0.15, 0.2) is 30.5 Å². The number of aryl methyl sites for hydroxylation is 2. The number of halogens is 2. The molecule has 2 rings (SSSR count). The molecule has 0 spiro atoms. The van der Waals surface area contributed by atoms with Crippen LogP contribution in [0.1, 0.15) is 16.7 Å². The van der Waals surface area contributed by atoms with Crippen molar-refractivity contribution >= 4 is 27.5 Å². The molecule has 0 unspecified atom stereocenters. The van der Waals surface area contributed by atoms with Crippen LogP contribution in [0.25, 0.3) is 0 Å². The highest BCUT2D eigenvalue weighted by molar-refractivity contribution is 9.08. The van der Waals surface area contributed by atoms with E-state index < -0.39 is 0 Å². The lowest BCUT2D eigenvalue weighted by molar-refractivity contribution is 0.458. The van der Waals surface area contributed by atoms with E-state index in [-0.39, 0.29) is 0 Å². The number of pyridine rings is 1. The summed E-state index contributed by atoms with van der Waals surface area (Å²) in [4.78, 5) is 4.31. The van der Waals surface area contributed by atoms with Crippen LogP contribution in [0.2, 0.25) is 5.02 Å². The fourth-order valence-corrected chi connectivity index (χ4v) is 2.02. The summed E-state index contributed by atoms with van der Waals surface area (Å²) in [6.07, 6.45) is 1.81. The van der Waals surface area contributed by atoms with E-state index in [1.54, 1.807) is 6.20 Å². The normalized spacial score (nSPS) is 10.4. The van der Waals surface area contributed by atoms with Crippen LogP contribution in [0.5, 0.6) is 11.6 Å². The standard InChI is InChI=1S/C14H13BrClNO/c1-9-6-12(3-4-13(9)16)18-14-10(2)5-11(7-15)8-17-14/h3-6,8H,7H2,1-2H3. The molecule has 4 heteroatoms. The van der Waals surface area contributed by atoms with Gasteiger partial charge in [-0.3, -0.25) is 0 Å². The zero-order valence-corrected chi connectivity index (χ0v) is 12.5. The fourth-order valence-electron chi connectivity index (χ4n) is 1.59. The lowest BCUT2D eigenvalue weighted by atomic mass is 10.2. The number of rotatable bonds is 3. The van der Waals surface area contributed by atoms with Gasteiger partial charge in [0.25, 0.3) is 0 Å². The summed E-state index contributed by atoms with van der Waals surface area (Å²) in [6.45, 7) is 3.93. The third kappa shape index (κ3) is 3.03. The molecule has 0 bridgehead atoms. The second-order valence-corrected chi connectivity index (χ2v) is 5.08. The minimum Gasteiger partial charge on any atom is -0.439 e. The van der Waals surface area contributed by atoms with Crippen LogP contribution in [0.4, 0.5) is 0 Å². The number of benzene rings is 1. The van der Waals surface area contributed by atoms with Gasteiger partial charge in [0.15, 0.2) is 0 Å². The Hall–Kier alpha value is -1.06. The summed E-state index contributed by atoms with van der Waals surface area (Å²) in [5.41, 5.74) is 3.13. The summed E-state index contributed by atoms with van der Waals surface area (Å²) in [5, 5.41) is 1.53. The molecule has 0 amide bonds. The summed E-state index contributed by atoms with van der Waals surface area (Å²) in [7, 11) is 0. The molecule has 18 heavy (non-hydrogen) atoms. The van der Waals surface area contributed by atoms with E-state index in [0.29, 0.717) is 5.88 Å². The minimum absolute atomic E-state index is 0.626. The van der Waals surface area contributed by atoms with Crippen LogP contribution in [0.3, 0.4) is 0 Å². The van der Waals surface area contributed by atoms with Crippen LogP contribution in [-0.4, -0.2) is 4.98 Å². The molecule has 0 N–H and O–H groups in total. The van der Waals surface area contributed by atoms with E-state index in [9.17, 15) is 0 Å². The van der Waals surface area contributed by atoms with Crippen LogP contribution in [-0.2, 0) is 5.33 Å². The molecule has 1 aromatic carbocycles. The quantitative estimate of drug-likeness (QED) is 0.737. The van der Waals surface area contributed by atoms with Crippen molar-refractivity contribution in [1.82, 2.24) is 4.98 Å². The van der Waals surface area contributed by atoms with Gasteiger partial charge in [-0.25, -0.2) is 4.98 Å². The molecule has 0 saturated carbocycles. The lowest BCUT2D eigenvalue weighted by Gasteiger charge is -2.09. The molecule has 0 fully saturated rings. The second kappa shape index (κ2) is 5.72. The highest BCUT2D eigenvalue weighted by atomic mass is 79.9. The van der Waals surface area contributed by atoms with Crippen LogP contribution < -0.4 is 4.74 Å². The van der Waals surface area contributed by atoms with Crippen molar-refractivity contribution in [3.05, 3.63) is 52.2 Å². The molecule has 1 heterocycles. The van der Waals surface area contributed by atoms with Gasteiger partial charge in [0.2, 0.25) is 5.88 Å². The minimum atomic E-state index is 0.626. The first-order valence-electron chi connectivity index (χ1n) is 5.55. The Morgan fingerprint density at radius 3 is 2.61 bits per heavy atom. The van der Waals surface area contributed by atoms with Gasteiger partial charge in [-0.15, -0.1) is 0 Å². The molecule has 0 aliphatic rings. The van der Waals surface area contributed by atoms with Gasteiger partial charge < -0.3 is 4.74 Å². The Bertz CT molecular complexity index is 572. The summed E-state index contributed by atoms with van der Waals surface area (Å²) >= 11 is 9.38. The first-order valence-corrected chi connectivity index (χ1v) is 7.05. The van der Waals surface area contributed by atoms with Gasteiger partial charge in [0.05, 0.1) is 0 Å². The van der Waals surface area contributed by atoms with Gasteiger partial charge in [-0.1, -0.05) is 27.5 Å². The molecule has 1 aromatic heterocycles. The molecular weight excluding hydrogens is 314 g/mol. The van der Waals surface area contributed by atoms with Gasteiger partial charge in [-0.2, -0.15) is 0 Å². The fraction of sp³-hybridized carbons (Fsp3) is 0.214. The van der Waals surface area contributed by atoms with Crippen LogP contribution >= 0.6 is 27.5 Å². The number of alkyl halides is 1. The van der Waals surface area contributed by atoms with Crippen molar-refractivity contribution in [2.75, 3.05) is 0 Å². The maximum Gasteiger partial charge on any atom is 0.222 e. The Kier molecular flexibility index (Phi) is 4.25. The molecule has 0 aliphatic carbocycles. The van der Waals surface area contributed by atoms with Crippen molar-refractivity contribution < 1.29 is 4.74 Å². The van der Waals surface area contributed by atoms with Crippen molar-refractivity contribution in [2.45, 2.75) is 19.2 Å². The number of aromatic nitrogens is 1. The lowest BCUT2D eigenvalue weighted by Crippen LogP contribution is -1.93. The summed E-state index contributed by atoms with van der Waals surface area (Å²) < 4.78 is 5.76. The third-order valence-electron chi connectivity index (χ3n) is 2.59. The van der Waals surface area contributed by atoms with E-state index in [4.69, 9.17) is 16.3 Å². The van der Waals surface area contributed by atoms with Crippen LogP contribution in [0, 0.1) is 13.8 Å². The number of hydrogen-bond acceptors (Lipinski definition) is 2. The van der Waals surface area contributed by atoms with Gasteiger partial charge in [-0.05, 0) is 49.2 Å². The molecule has 0 aliphatic heterocycles. The van der Waals surface area contributed by atoms with Crippen molar-refractivity contribution in [3.63, 3.8) is 0 Å². The molecule has 0 radical (unpaired) electrons. The predicted octanol–water partition coefficient (Wildman–Crippen LogP) is 5.04. The zero-order valence-electron chi connectivity index (χ0n) is 10.2. The first-order chi connectivity index (χ1) is 8.60. The maximum absolute atomic E-state index is 5.98. The average Bonchev–Trinajstić information content (AvgIpc) is 2.36. The Labute approximate surface area is 120 Å². The predicted molar refractivity (Wildman–Crippen MR) is 77.9 cm³/mol. The number of ether oxygens (including phenoxy) is 1. The Balaban J connectivity index is 2.25. The van der Waals surface area contributed by atoms with Gasteiger partial charge >= 0.3 is 0 Å². The third-order valence-corrected chi connectivity index (χ3v) is 3.66. The van der Waals surface area contributed by atoms with Crippen molar-refractivity contribution in [3.8, 4) is 11.6 Å². The molecule has 2 aromatic rings. The molecule has 0 atom stereocenters. The summed E-state index contributed by atoms with van der Waals surface area (Å²) in [5.74, 6) is 1.38. The molecule has 2 nitrogen and oxygen atoms in total. The van der Waals surface area contributed by atoms with E-state index in [0.717, 1.165) is 32.8 Å². The summed E-state index contributed by atoms with van der Waals surface area (Å²) in [6, 6.07) is 7.63. The average molecular weight is 327 g/mol. The molecule has 94 valence electrons. The van der Waals surface area contributed by atoms with E-state index in [1.807, 2.05) is 32.0 Å². The second-order valence-electron chi connectivity index (χ2n) is 4.11. The Morgan fingerprint density at radius 1 is 1.22 bits per heavy atom. The highest BCUT2D eigenvalue weighted by Gasteiger charge is 2.05. The monoisotopic (exact) mass is 325 g/mol. The highest BCUT2D eigenvalue weighted by Crippen LogP contribution is 2.27. The smallest absolute Gasteiger partial charge is 0.222 e. The number of nitrogens with zero attached hydrogens (tertiary/aromatic N) is 1. The van der Waals surface area contributed by atoms with E-state index in [2.05, 4.69) is 27.0 Å².